The van der Waals surface area contributed by atoms with Gasteiger partial charge in [-0.25, -0.2) is 4.79 Å². The van der Waals surface area contributed by atoms with Crippen molar-refractivity contribution in [1.29, 1.82) is 0 Å². The van der Waals surface area contributed by atoms with Gasteiger partial charge in [-0.3, -0.25) is 4.79 Å². The monoisotopic (exact) mass is 236 g/mol. The zero-order chi connectivity index (χ0) is 13.0. The van der Waals surface area contributed by atoms with Crippen molar-refractivity contribution in [3.05, 3.63) is 29.8 Å². The molecule has 1 amide bonds. The fourth-order valence-electron chi connectivity index (χ4n) is 1.31. The maximum atomic E-state index is 11.7. The Kier molecular flexibility index (Phi) is 4.09. The number of rotatable bonds is 3. The molecule has 5 nitrogen and oxygen atoms in total. The number of hydrogen-bond acceptors (Lipinski definition) is 4. The Morgan fingerprint density at radius 2 is 2.00 bits per heavy atom. The number of esters is 1. The molecule has 17 heavy (non-hydrogen) atoms. The Balaban J connectivity index is 2.70. The quantitative estimate of drug-likeness (QED) is 0.625. The van der Waals surface area contributed by atoms with Crippen LogP contribution in [-0.4, -0.2) is 37.0 Å². The number of nitrogen functional groups attached to an aromatic ring is 1. The van der Waals surface area contributed by atoms with Crippen LogP contribution in [0.4, 0.5) is 5.69 Å². The lowest BCUT2D eigenvalue weighted by Crippen LogP contribution is -2.34. The van der Waals surface area contributed by atoms with Gasteiger partial charge in [0, 0.05) is 19.8 Å². The normalized spacial score (nSPS) is 11.7. The SMILES string of the molecule is CC(OC(=O)c1cccc(N)c1)C(=O)N(C)C. The predicted molar refractivity (Wildman–Crippen MR) is 64.4 cm³/mol. The summed E-state index contributed by atoms with van der Waals surface area (Å²) < 4.78 is 5.03. The van der Waals surface area contributed by atoms with Crippen LogP contribution in [0, 0.1) is 0 Å². The lowest BCUT2D eigenvalue weighted by atomic mass is 10.2. The van der Waals surface area contributed by atoms with Gasteiger partial charge in [0.1, 0.15) is 0 Å². The van der Waals surface area contributed by atoms with Crippen LogP contribution in [0.15, 0.2) is 24.3 Å². The summed E-state index contributed by atoms with van der Waals surface area (Å²) in [5, 5.41) is 0. The molecule has 5 heteroatoms. The van der Waals surface area contributed by atoms with Crippen molar-refractivity contribution in [2.75, 3.05) is 19.8 Å². The summed E-state index contributed by atoms with van der Waals surface area (Å²) in [5.74, 6) is -0.817. The van der Waals surface area contributed by atoms with Gasteiger partial charge < -0.3 is 15.4 Å². The third kappa shape index (κ3) is 3.48. The molecule has 2 N–H and O–H groups in total. The van der Waals surface area contributed by atoms with Crippen molar-refractivity contribution in [3.63, 3.8) is 0 Å². The molecule has 1 atom stereocenters. The number of nitrogens with two attached hydrogens (primary N) is 1. The first-order valence-corrected chi connectivity index (χ1v) is 5.19. The molecule has 0 heterocycles. The molecule has 0 aliphatic carbocycles. The van der Waals surface area contributed by atoms with E-state index in [4.69, 9.17) is 10.5 Å². The molecule has 0 spiro atoms. The van der Waals surface area contributed by atoms with Gasteiger partial charge in [-0.15, -0.1) is 0 Å². The Bertz CT molecular complexity index is 430. The Morgan fingerprint density at radius 1 is 1.35 bits per heavy atom. The maximum Gasteiger partial charge on any atom is 0.338 e. The molecule has 0 aromatic heterocycles. The molecule has 0 bridgehead atoms. The third-order valence-corrected chi connectivity index (χ3v) is 2.19. The molecule has 0 aliphatic rings. The summed E-state index contributed by atoms with van der Waals surface area (Å²) in [6, 6.07) is 6.43. The molecule has 0 saturated heterocycles. The number of anilines is 1. The molecule has 1 aromatic carbocycles. The van der Waals surface area contributed by atoms with Gasteiger partial charge in [0.25, 0.3) is 5.91 Å². The molecule has 0 aliphatic heterocycles. The molecule has 0 radical (unpaired) electrons. The minimum atomic E-state index is -0.807. The number of carbonyl (C=O) groups is 2. The van der Waals surface area contributed by atoms with E-state index in [2.05, 4.69) is 0 Å². The van der Waals surface area contributed by atoms with Crippen molar-refractivity contribution in [1.82, 2.24) is 4.90 Å². The van der Waals surface area contributed by atoms with Gasteiger partial charge in [0.15, 0.2) is 6.10 Å². The van der Waals surface area contributed by atoms with E-state index < -0.39 is 12.1 Å². The second-order valence-electron chi connectivity index (χ2n) is 3.91. The topological polar surface area (TPSA) is 72.6 Å². The summed E-state index contributed by atoms with van der Waals surface area (Å²) >= 11 is 0. The largest absolute Gasteiger partial charge is 0.449 e. The van der Waals surface area contributed by atoms with E-state index in [9.17, 15) is 9.59 Å². The zero-order valence-electron chi connectivity index (χ0n) is 10.1. The predicted octanol–water partition coefficient (Wildman–Crippen LogP) is 0.902. The van der Waals surface area contributed by atoms with Crippen LogP contribution >= 0.6 is 0 Å². The average molecular weight is 236 g/mol. The smallest absolute Gasteiger partial charge is 0.338 e. The molecule has 92 valence electrons. The molecule has 1 unspecified atom stereocenters. The molecule has 1 aromatic rings. The van der Waals surface area contributed by atoms with Crippen molar-refractivity contribution in [2.24, 2.45) is 0 Å². The molecule has 0 fully saturated rings. The Labute approximate surface area is 100 Å². The first kappa shape index (κ1) is 13.0. The number of amides is 1. The van der Waals surface area contributed by atoms with Crippen LogP contribution < -0.4 is 5.73 Å². The van der Waals surface area contributed by atoms with Crippen LogP contribution in [-0.2, 0) is 9.53 Å². The first-order valence-electron chi connectivity index (χ1n) is 5.19. The standard InChI is InChI=1S/C12H16N2O3/c1-8(11(15)14(2)3)17-12(16)9-5-4-6-10(13)7-9/h4-8H,13H2,1-3H3. The highest BCUT2D eigenvalue weighted by molar-refractivity contribution is 5.92. The van der Waals surface area contributed by atoms with E-state index >= 15 is 0 Å². The molecular weight excluding hydrogens is 220 g/mol. The van der Waals surface area contributed by atoms with Gasteiger partial charge in [-0.05, 0) is 25.1 Å². The summed E-state index contributed by atoms with van der Waals surface area (Å²) in [5.41, 5.74) is 6.37. The summed E-state index contributed by atoms with van der Waals surface area (Å²) in [6.07, 6.45) is -0.807. The minimum Gasteiger partial charge on any atom is -0.449 e. The van der Waals surface area contributed by atoms with Crippen LogP contribution in [0.2, 0.25) is 0 Å². The van der Waals surface area contributed by atoms with E-state index in [1.54, 1.807) is 32.3 Å². The number of benzene rings is 1. The van der Waals surface area contributed by atoms with E-state index in [0.717, 1.165) is 0 Å². The summed E-state index contributed by atoms with van der Waals surface area (Å²) in [7, 11) is 3.21. The second kappa shape index (κ2) is 5.34. The lowest BCUT2D eigenvalue weighted by Gasteiger charge is -2.17. The second-order valence-corrected chi connectivity index (χ2v) is 3.91. The lowest BCUT2D eigenvalue weighted by molar-refractivity contribution is -0.137. The highest BCUT2D eigenvalue weighted by Crippen LogP contribution is 2.09. The number of hydrogen-bond donors (Lipinski definition) is 1. The highest BCUT2D eigenvalue weighted by Gasteiger charge is 2.20. The van der Waals surface area contributed by atoms with E-state index in [-0.39, 0.29) is 5.91 Å². The summed E-state index contributed by atoms with van der Waals surface area (Å²) in [4.78, 5) is 24.6. The zero-order valence-corrected chi connectivity index (χ0v) is 10.1. The number of carbonyl (C=O) groups excluding carboxylic acids is 2. The maximum absolute atomic E-state index is 11.7. The van der Waals surface area contributed by atoms with Gasteiger partial charge >= 0.3 is 5.97 Å². The van der Waals surface area contributed by atoms with Gasteiger partial charge in [-0.2, -0.15) is 0 Å². The van der Waals surface area contributed by atoms with E-state index in [0.29, 0.717) is 11.3 Å². The fraction of sp³-hybridized carbons (Fsp3) is 0.333. The molecule has 1 rings (SSSR count). The number of ether oxygens (including phenoxy) is 1. The third-order valence-electron chi connectivity index (χ3n) is 2.19. The van der Waals surface area contributed by atoms with Gasteiger partial charge in [-0.1, -0.05) is 6.07 Å². The first-order chi connectivity index (χ1) is 7.91. The highest BCUT2D eigenvalue weighted by atomic mass is 16.5. The van der Waals surface area contributed by atoms with Crippen molar-refractivity contribution < 1.29 is 14.3 Å². The Hall–Kier alpha value is -2.04. The van der Waals surface area contributed by atoms with Crippen molar-refractivity contribution in [3.8, 4) is 0 Å². The molecule has 0 saturated carbocycles. The van der Waals surface area contributed by atoms with Crippen molar-refractivity contribution in [2.45, 2.75) is 13.0 Å². The minimum absolute atomic E-state index is 0.262. The van der Waals surface area contributed by atoms with Gasteiger partial charge in [0.2, 0.25) is 0 Å². The van der Waals surface area contributed by atoms with Crippen molar-refractivity contribution >= 4 is 17.6 Å². The van der Waals surface area contributed by atoms with Crippen LogP contribution in [0.1, 0.15) is 17.3 Å². The number of nitrogens with zero attached hydrogens (tertiary/aromatic N) is 1. The average Bonchev–Trinajstić information content (AvgIpc) is 2.27. The van der Waals surface area contributed by atoms with Gasteiger partial charge in [0.05, 0.1) is 5.56 Å². The fourth-order valence-corrected chi connectivity index (χ4v) is 1.31. The molecular formula is C12H16N2O3. The van der Waals surface area contributed by atoms with Crippen LogP contribution in [0.5, 0.6) is 0 Å². The Morgan fingerprint density at radius 3 is 2.53 bits per heavy atom. The number of likely N-dealkylation sites (N-methyl/N-ethyl adjacent to an activating group) is 1. The summed E-state index contributed by atoms with van der Waals surface area (Å²) in [6.45, 7) is 1.53. The van der Waals surface area contributed by atoms with E-state index in [1.807, 2.05) is 0 Å². The van der Waals surface area contributed by atoms with E-state index in [1.165, 1.54) is 17.9 Å². The van der Waals surface area contributed by atoms with Crippen LogP contribution in [0.25, 0.3) is 0 Å². The van der Waals surface area contributed by atoms with Crippen LogP contribution in [0.3, 0.4) is 0 Å².